The van der Waals surface area contributed by atoms with Gasteiger partial charge in [0, 0.05) is 23.1 Å². The number of halogens is 1. The Morgan fingerprint density at radius 3 is 2.62 bits per heavy atom. The van der Waals surface area contributed by atoms with E-state index in [9.17, 15) is 9.59 Å². The summed E-state index contributed by atoms with van der Waals surface area (Å²) in [6.45, 7) is 1.46. The molecule has 21 heavy (non-hydrogen) atoms. The molecule has 0 unspecified atom stereocenters. The Bertz CT molecular complexity index is 673. The first-order valence-corrected chi connectivity index (χ1v) is 7.71. The van der Waals surface area contributed by atoms with E-state index in [0.717, 1.165) is 10.6 Å². The summed E-state index contributed by atoms with van der Waals surface area (Å²) in [5.41, 5.74) is 1.25. The number of nitrogens with one attached hydrogen (secondary N) is 1. The topological polar surface area (TPSA) is 46.2 Å². The van der Waals surface area contributed by atoms with Gasteiger partial charge >= 0.3 is 0 Å². The lowest BCUT2D eigenvalue weighted by molar-refractivity contribution is -0.114. The average Bonchev–Trinajstić information content (AvgIpc) is 2.45. The predicted molar refractivity (Wildman–Crippen MR) is 87.3 cm³/mol. The Balaban J connectivity index is 2.01. The van der Waals surface area contributed by atoms with Gasteiger partial charge in [0.15, 0.2) is 5.78 Å². The maximum atomic E-state index is 12.1. The molecule has 1 N–H and O–H groups in total. The van der Waals surface area contributed by atoms with Crippen molar-refractivity contribution < 1.29 is 9.59 Å². The maximum Gasteiger partial charge on any atom is 0.221 e. The van der Waals surface area contributed by atoms with Crippen molar-refractivity contribution in [2.24, 2.45) is 0 Å². The van der Waals surface area contributed by atoms with E-state index in [4.69, 9.17) is 11.6 Å². The molecule has 2 aromatic rings. The molecule has 108 valence electrons. The van der Waals surface area contributed by atoms with Gasteiger partial charge in [-0.05, 0) is 30.3 Å². The molecule has 0 bridgehead atoms. The summed E-state index contributed by atoms with van der Waals surface area (Å²) in [4.78, 5) is 24.1. The number of anilines is 1. The predicted octanol–water partition coefficient (Wildman–Crippen LogP) is 4.27. The van der Waals surface area contributed by atoms with E-state index in [-0.39, 0.29) is 11.7 Å². The Kier molecular flexibility index (Phi) is 5.42. The molecule has 0 aromatic heterocycles. The van der Waals surface area contributed by atoms with Crippen LogP contribution in [0.5, 0.6) is 0 Å². The lowest BCUT2D eigenvalue weighted by Gasteiger charge is -2.06. The minimum absolute atomic E-state index is 0.0180. The summed E-state index contributed by atoms with van der Waals surface area (Å²) < 4.78 is 0. The third-order valence-corrected chi connectivity index (χ3v) is 4.02. The van der Waals surface area contributed by atoms with Crippen molar-refractivity contribution in [3.8, 4) is 0 Å². The zero-order chi connectivity index (χ0) is 15.2. The molecule has 2 aromatic carbocycles. The molecule has 0 saturated heterocycles. The molecule has 0 saturated carbocycles. The second kappa shape index (κ2) is 7.29. The number of carbonyl (C=O) groups excluding carboxylic acids is 2. The zero-order valence-corrected chi connectivity index (χ0v) is 13.0. The van der Waals surface area contributed by atoms with E-state index < -0.39 is 0 Å². The summed E-state index contributed by atoms with van der Waals surface area (Å²) in [5.74, 6) is 0.160. The normalized spacial score (nSPS) is 10.2. The van der Waals surface area contributed by atoms with Crippen molar-refractivity contribution in [1.29, 1.82) is 0 Å². The van der Waals surface area contributed by atoms with Crippen LogP contribution in [-0.4, -0.2) is 17.4 Å². The van der Waals surface area contributed by atoms with Crippen molar-refractivity contribution in [2.75, 3.05) is 11.1 Å². The molecule has 2 rings (SSSR count). The number of rotatable bonds is 5. The van der Waals surface area contributed by atoms with Crippen molar-refractivity contribution >= 4 is 40.7 Å². The fourth-order valence-corrected chi connectivity index (χ4v) is 2.86. The van der Waals surface area contributed by atoms with Crippen LogP contribution in [0.4, 0.5) is 5.69 Å². The first-order valence-electron chi connectivity index (χ1n) is 6.34. The average molecular weight is 320 g/mol. The highest BCUT2D eigenvalue weighted by Crippen LogP contribution is 2.24. The van der Waals surface area contributed by atoms with Crippen molar-refractivity contribution in [3.63, 3.8) is 0 Å². The van der Waals surface area contributed by atoms with E-state index in [0.29, 0.717) is 16.3 Å². The van der Waals surface area contributed by atoms with Gasteiger partial charge in [0.2, 0.25) is 5.91 Å². The number of thioether (sulfide) groups is 1. The highest BCUT2D eigenvalue weighted by Gasteiger charge is 2.10. The molecular weight excluding hydrogens is 306 g/mol. The summed E-state index contributed by atoms with van der Waals surface area (Å²) in [6.07, 6.45) is 0. The van der Waals surface area contributed by atoms with Crippen molar-refractivity contribution in [2.45, 2.75) is 11.8 Å². The summed E-state index contributed by atoms with van der Waals surface area (Å²) in [5, 5.41) is 3.18. The van der Waals surface area contributed by atoms with Crippen molar-refractivity contribution in [1.82, 2.24) is 0 Å². The number of ketones is 1. The van der Waals surface area contributed by atoms with Gasteiger partial charge in [0.25, 0.3) is 0 Å². The molecule has 0 aliphatic heterocycles. The molecule has 1 amide bonds. The lowest BCUT2D eigenvalue weighted by atomic mass is 10.1. The first-order chi connectivity index (χ1) is 10.1. The molecule has 0 atom stereocenters. The van der Waals surface area contributed by atoms with Gasteiger partial charge in [0.1, 0.15) is 0 Å². The first kappa shape index (κ1) is 15.6. The van der Waals surface area contributed by atoms with E-state index in [1.807, 2.05) is 18.2 Å². The minimum atomic E-state index is -0.121. The van der Waals surface area contributed by atoms with Gasteiger partial charge in [-0.3, -0.25) is 9.59 Å². The minimum Gasteiger partial charge on any atom is -0.326 e. The van der Waals surface area contributed by atoms with Crippen LogP contribution in [0.25, 0.3) is 0 Å². The monoisotopic (exact) mass is 319 g/mol. The molecule has 0 heterocycles. The van der Waals surface area contributed by atoms with Gasteiger partial charge < -0.3 is 5.32 Å². The fourth-order valence-electron chi connectivity index (χ4n) is 1.78. The molecule has 0 aliphatic carbocycles. The van der Waals surface area contributed by atoms with Gasteiger partial charge in [-0.2, -0.15) is 0 Å². The third kappa shape index (κ3) is 4.62. The highest BCUT2D eigenvalue weighted by atomic mass is 35.5. The second-order valence-corrected chi connectivity index (χ2v) is 5.86. The number of amides is 1. The van der Waals surface area contributed by atoms with Gasteiger partial charge in [0.05, 0.1) is 10.8 Å². The molecule has 3 nitrogen and oxygen atoms in total. The van der Waals surface area contributed by atoms with Crippen LogP contribution < -0.4 is 5.32 Å². The molecular formula is C16H14ClNO2S. The molecule has 0 spiro atoms. The van der Waals surface area contributed by atoms with Crippen LogP contribution in [0.1, 0.15) is 17.3 Å². The Labute approximate surface area is 132 Å². The van der Waals surface area contributed by atoms with E-state index >= 15 is 0 Å². The largest absolute Gasteiger partial charge is 0.326 e. The van der Waals surface area contributed by atoms with E-state index in [1.165, 1.54) is 18.7 Å². The van der Waals surface area contributed by atoms with Crippen LogP contribution in [0.3, 0.4) is 0 Å². The number of hydrogen-bond donors (Lipinski definition) is 1. The Morgan fingerprint density at radius 2 is 1.90 bits per heavy atom. The fraction of sp³-hybridized carbons (Fsp3) is 0.125. The summed E-state index contributed by atoms with van der Waals surface area (Å²) in [6, 6.07) is 14.4. The SMILES string of the molecule is CC(=O)Nc1cccc(SCC(=O)c2ccccc2Cl)c1. The number of hydrogen-bond acceptors (Lipinski definition) is 3. The van der Waals surface area contributed by atoms with Crippen LogP contribution in [0, 0.1) is 0 Å². The van der Waals surface area contributed by atoms with Crippen LogP contribution in [-0.2, 0) is 4.79 Å². The van der Waals surface area contributed by atoms with Crippen LogP contribution >= 0.6 is 23.4 Å². The number of benzene rings is 2. The summed E-state index contributed by atoms with van der Waals surface area (Å²) in [7, 11) is 0. The summed E-state index contributed by atoms with van der Waals surface area (Å²) >= 11 is 7.42. The molecule has 0 radical (unpaired) electrons. The zero-order valence-electron chi connectivity index (χ0n) is 11.4. The van der Waals surface area contributed by atoms with Gasteiger partial charge in [-0.25, -0.2) is 0 Å². The number of carbonyl (C=O) groups is 2. The van der Waals surface area contributed by atoms with Gasteiger partial charge in [-0.1, -0.05) is 29.8 Å². The van der Waals surface area contributed by atoms with Crippen LogP contribution in [0.2, 0.25) is 5.02 Å². The quantitative estimate of drug-likeness (QED) is 0.661. The van der Waals surface area contributed by atoms with E-state index in [1.54, 1.807) is 30.3 Å². The van der Waals surface area contributed by atoms with Gasteiger partial charge in [-0.15, -0.1) is 11.8 Å². The molecule has 5 heteroatoms. The molecule has 0 fully saturated rings. The van der Waals surface area contributed by atoms with Crippen LogP contribution in [0.15, 0.2) is 53.4 Å². The Hall–Kier alpha value is -1.78. The maximum absolute atomic E-state index is 12.1. The Morgan fingerprint density at radius 1 is 1.14 bits per heavy atom. The number of Topliss-reactive ketones (excluding diaryl/α,β-unsaturated/α-hetero) is 1. The van der Waals surface area contributed by atoms with Crippen molar-refractivity contribution in [3.05, 3.63) is 59.1 Å². The molecule has 0 aliphatic rings. The smallest absolute Gasteiger partial charge is 0.221 e. The standard InChI is InChI=1S/C16H14ClNO2S/c1-11(19)18-12-5-4-6-13(9-12)21-10-16(20)14-7-2-3-8-15(14)17/h2-9H,10H2,1H3,(H,18,19). The lowest BCUT2D eigenvalue weighted by Crippen LogP contribution is -2.06. The second-order valence-electron chi connectivity index (χ2n) is 4.40. The highest BCUT2D eigenvalue weighted by molar-refractivity contribution is 8.00. The third-order valence-electron chi connectivity index (χ3n) is 2.70. The van der Waals surface area contributed by atoms with E-state index in [2.05, 4.69) is 5.32 Å².